The van der Waals surface area contributed by atoms with Gasteiger partial charge in [0, 0.05) is 36.9 Å². The van der Waals surface area contributed by atoms with Crippen molar-refractivity contribution in [2.75, 3.05) is 24.7 Å². The summed E-state index contributed by atoms with van der Waals surface area (Å²) in [4.78, 5) is 27.1. The molecule has 7 heteroatoms. The van der Waals surface area contributed by atoms with Gasteiger partial charge < -0.3 is 4.74 Å². The average Bonchev–Trinajstić information content (AvgIpc) is 3.28. The minimum absolute atomic E-state index is 0.0635. The van der Waals surface area contributed by atoms with Crippen molar-refractivity contribution < 1.29 is 13.9 Å². The van der Waals surface area contributed by atoms with Crippen molar-refractivity contribution in [2.24, 2.45) is 0 Å². The number of fused-ring (bicyclic) bond motifs is 1. The number of amides is 1. The Labute approximate surface area is 182 Å². The van der Waals surface area contributed by atoms with E-state index in [2.05, 4.69) is 4.90 Å². The fourth-order valence-corrected chi connectivity index (χ4v) is 5.21. The molecule has 0 aliphatic carbocycles. The predicted molar refractivity (Wildman–Crippen MR) is 115 cm³/mol. The lowest BCUT2D eigenvalue weighted by Gasteiger charge is -2.36. The molecular formula is C24H29FN4O2. The molecule has 2 aromatic rings. The molecule has 0 N–H and O–H groups in total. The molecule has 2 fully saturated rings. The van der Waals surface area contributed by atoms with E-state index in [-0.39, 0.29) is 17.8 Å². The molecule has 1 atom stereocenters. The number of aryl methyl sites for hydroxylation is 1. The van der Waals surface area contributed by atoms with Crippen LogP contribution in [0, 0.1) is 12.7 Å². The molecule has 1 amide bonds. The molecule has 0 radical (unpaired) electrons. The van der Waals surface area contributed by atoms with Crippen molar-refractivity contribution >= 4 is 11.7 Å². The Hall–Kier alpha value is -2.38. The second-order valence-corrected chi connectivity index (χ2v) is 8.82. The number of ether oxygens (including phenoxy) is 1. The van der Waals surface area contributed by atoms with Gasteiger partial charge in [0.25, 0.3) is 0 Å². The highest BCUT2D eigenvalue weighted by Crippen LogP contribution is 2.37. The van der Waals surface area contributed by atoms with Crippen molar-refractivity contribution in [1.82, 2.24) is 14.9 Å². The first kappa shape index (κ1) is 20.5. The summed E-state index contributed by atoms with van der Waals surface area (Å²) in [5.74, 6) is 1.36. The topological polar surface area (TPSA) is 58.6 Å². The molecule has 3 aliphatic rings. The molecule has 0 saturated carbocycles. The zero-order chi connectivity index (χ0) is 21.4. The Balaban J connectivity index is 1.47. The molecule has 5 rings (SSSR count). The highest BCUT2D eigenvalue weighted by atomic mass is 19.1. The van der Waals surface area contributed by atoms with Crippen molar-refractivity contribution in [3.8, 4) is 0 Å². The number of hydrogen-bond acceptors (Lipinski definition) is 5. The molecule has 0 spiro atoms. The Kier molecular flexibility index (Phi) is 5.71. The minimum atomic E-state index is -0.274. The number of nitrogens with zero attached hydrogens (tertiary/aromatic N) is 4. The fraction of sp³-hybridized carbons (Fsp3) is 0.542. The lowest BCUT2D eigenvalue weighted by Crippen LogP contribution is -2.40. The number of halogens is 1. The Morgan fingerprint density at radius 3 is 2.65 bits per heavy atom. The lowest BCUT2D eigenvalue weighted by atomic mass is 10.0. The SMILES string of the molecule is Cc1nc([C@H]2CCCN2C2CCOCC2)nc2c1CCC(=O)N2Cc1ccc(F)cc1. The van der Waals surface area contributed by atoms with Crippen LogP contribution in [-0.2, 0) is 22.5 Å². The highest BCUT2D eigenvalue weighted by molar-refractivity contribution is 5.95. The highest BCUT2D eigenvalue weighted by Gasteiger charge is 2.36. The number of hydrogen-bond donors (Lipinski definition) is 0. The summed E-state index contributed by atoms with van der Waals surface area (Å²) in [7, 11) is 0. The maximum absolute atomic E-state index is 13.3. The standard InChI is InChI=1S/C24H29FN4O2/c1-16-20-8-9-22(30)29(15-17-4-6-18(25)7-5-17)24(20)27-23(26-16)21-3-2-12-28(21)19-10-13-31-14-11-19/h4-7,19,21H,2-3,8-15H2,1H3/t21-/m1/s1. The van der Waals surface area contributed by atoms with E-state index in [1.807, 2.05) is 6.92 Å². The summed E-state index contributed by atoms with van der Waals surface area (Å²) in [6.07, 6.45) is 5.41. The third-order valence-electron chi connectivity index (χ3n) is 6.86. The average molecular weight is 425 g/mol. The van der Waals surface area contributed by atoms with E-state index in [1.165, 1.54) is 12.1 Å². The first-order valence-corrected chi connectivity index (χ1v) is 11.4. The van der Waals surface area contributed by atoms with Gasteiger partial charge in [-0.25, -0.2) is 14.4 Å². The Morgan fingerprint density at radius 1 is 1.10 bits per heavy atom. The summed E-state index contributed by atoms with van der Waals surface area (Å²) < 4.78 is 18.9. The van der Waals surface area contributed by atoms with E-state index in [4.69, 9.17) is 14.7 Å². The molecule has 31 heavy (non-hydrogen) atoms. The Bertz CT molecular complexity index is 959. The molecule has 164 valence electrons. The monoisotopic (exact) mass is 424 g/mol. The van der Waals surface area contributed by atoms with E-state index < -0.39 is 0 Å². The normalized spacial score (nSPS) is 22.7. The van der Waals surface area contributed by atoms with Crippen LogP contribution in [0.1, 0.15) is 60.8 Å². The smallest absolute Gasteiger partial charge is 0.228 e. The van der Waals surface area contributed by atoms with Gasteiger partial charge in [-0.3, -0.25) is 14.6 Å². The van der Waals surface area contributed by atoms with Gasteiger partial charge in [-0.1, -0.05) is 12.1 Å². The number of carbonyl (C=O) groups is 1. The van der Waals surface area contributed by atoms with Gasteiger partial charge in [0.1, 0.15) is 17.5 Å². The van der Waals surface area contributed by atoms with Crippen LogP contribution in [0.3, 0.4) is 0 Å². The van der Waals surface area contributed by atoms with E-state index in [1.54, 1.807) is 17.0 Å². The summed E-state index contributed by atoms with van der Waals surface area (Å²) in [5, 5.41) is 0. The van der Waals surface area contributed by atoms with Crippen LogP contribution in [0.5, 0.6) is 0 Å². The lowest BCUT2D eigenvalue weighted by molar-refractivity contribution is -0.119. The number of carbonyl (C=O) groups excluding carboxylic acids is 1. The van der Waals surface area contributed by atoms with Crippen LogP contribution in [0.2, 0.25) is 0 Å². The summed E-state index contributed by atoms with van der Waals surface area (Å²) in [6.45, 7) is 5.13. The second kappa shape index (κ2) is 8.63. The quantitative estimate of drug-likeness (QED) is 0.749. The molecule has 4 heterocycles. The van der Waals surface area contributed by atoms with Gasteiger partial charge in [0.15, 0.2) is 0 Å². The molecule has 3 aliphatic heterocycles. The first-order chi connectivity index (χ1) is 15.1. The van der Waals surface area contributed by atoms with Crippen molar-refractivity contribution in [3.05, 3.63) is 52.7 Å². The number of benzene rings is 1. The van der Waals surface area contributed by atoms with Crippen molar-refractivity contribution in [3.63, 3.8) is 0 Å². The largest absolute Gasteiger partial charge is 0.381 e. The third-order valence-corrected chi connectivity index (χ3v) is 6.86. The number of aromatic nitrogens is 2. The molecule has 2 saturated heterocycles. The van der Waals surface area contributed by atoms with E-state index in [0.717, 1.165) is 73.9 Å². The van der Waals surface area contributed by atoms with Crippen LogP contribution < -0.4 is 4.90 Å². The maximum Gasteiger partial charge on any atom is 0.228 e. The van der Waals surface area contributed by atoms with E-state index in [0.29, 0.717) is 25.4 Å². The minimum Gasteiger partial charge on any atom is -0.381 e. The molecule has 1 aromatic heterocycles. The molecule has 6 nitrogen and oxygen atoms in total. The summed E-state index contributed by atoms with van der Waals surface area (Å²) >= 11 is 0. The first-order valence-electron chi connectivity index (χ1n) is 11.4. The van der Waals surface area contributed by atoms with Gasteiger partial charge >= 0.3 is 0 Å². The van der Waals surface area contributed by atoms with Crippen LogP contribution >= 0.6 is 0 Å². The molecular weight excluding hydrogens is 395 g/mol. The fourth-order valence-electron chi connectivity index (χ4n) is 5.21. The van der Waals surface area contributed by atoms with Gasteiger partial charge in [0.05, 0.1) is 12.6 Å². The van der Waals surface area contributed by atoms with Gasteiger partial charge in [-0.05, 0) is 63.3 Å². The van der Waals surface area contributed by atoms with E-state index >= 15 is 0 Å². The van der Waals surface area contributed by atoms with E-state index in [9.17, 15) is 9.18 Å². The van der Waals surface area contributed by atoms with Crippen LogP contribution in [0.25, 0.3) is 0 Å². The molecule has 0 unspecified atom stereocenters. The van der Waals surface area contributed by atoms with Crippen LogP contribution in [0.4, 0.5) is 10.2 Å². The maximum atomic E-state index is 13.3. The summed E-state index contributed by atoms with van der Waals surface area (Å²) in [6, 6.07) is 7.04. The zero-order valence-corrected chi connectivity index (χ0v) is 18.0. The number of likely N-dealkylation sites (tertiary alicyclic amines) is 1. The third kappa shape index (κ3) is 4.08. The zero-order valence-electron chi connectivity index (χ0n) is 18.0. The van der Waals surface area contributed by atoms with Gasteiger partial charge in [0.2, 0.25) is 5.91 Å². The second-order valence-electron chi connectivity index (χ2n) is 8.82. The van der Waals surface area contributed by atoms with Gasteiger partial charge in [-0.15, -0.1) is 0 Å². The Morgan fingerprint density at radius 2 is 1.87 bits per heavy atom. The molecule has 1 aromatic carbocycles. The van der Waals surface area contributed by atoms with Crippen LogP contribution in [-0.4, -0.2) is 46.6 Å². The molecule has 0 bridgehead atoms. The predicted octanol–water partition coefficient (Wildman–Crippen LogP) is 3.72. The van der Waals surface area contributed by atoms with Crippen molar-refractivity contribution in [2.45, 2.75) is 64.1 Å². The summed E-state index contributed by atoms with van der Waals surface area (Å²) in [5.41, 5.74) is 2.92. The number of rotatable bonds is 4. The number of anilines is 1. The van der Waals surface area contributed by atoms with Crippen LogP contribution in [0.15, 0.2) is 24.3 Å². The van der Waals surface area contributed by atoms with Gasteiger partial charge in [-0.2, -0.15) is 0 Å². The van der Waals surface area contributed by atoms with Crippen molar-refractivity contribution in [1.29, 1.82) is 0 Å².